The van der Waals surface area contributed by atoms with Gasteiger partial charge in [-0.25, -0.2) is 0 Å². The van der Waals surface area contributed by atoms with Crippen molar-refractivity contribution in [1.82, 2.24) is 25.0 Å². The number of carbonyl (C=O) groups excluding carboxylic acids is 1. The summed E-state index contributed by atoms with van der Waals surface area (Å²) in [5.41, 5.74) is 2.80. The Bertz CT molecular complexity index is 1320. The van der Waals surface area contributed by atoms with E-state index in [0.717, 1.165) is 27.2 Å². The van der Waals surface area contributed by atoms with Gasteiger partial charge in [0, 0.05) is 11.6 Å². The first-order valence-corrected chi connectivity index (χ1v) is 10.9. The van der Waals surface area contributed by atoms with Crippen LogP contribution in [0, 0.1) is 6.92 Å². The summed E-state index contributed by atoms with van der Waals surface area (Å²) >= 11 is 2.72. The zero-order valence-corrected chi connectivity index (χ0v) is 17.6. The highest BCUT2D eigenvalue weighted by Gasteiger charge is 2.18. The van der Waals surface area contributed by atoms with Gasteiger partial charge in [0.1, 0.15) is 10.5 Å². The molecular weight excluding hydrogens is 416 g/mol. The molecule has 0 saturated carbocycles. The number of rotatable bonds is 5. The Balaban J connectivity index is 1.38. The lowest BCUT2D eigenvalue weighted by atomic mass is 10.2. The highest BCUT2D eigenvalue weighted by Crippen LogP contribution is 2.30. The quantitative estimate of drug-likeness (QED) is 0.438. The van der Waals surface area contributed by atoms with Crippen LogP contribution in [0.15, 0.2) is 60.8 Å². The number of nitrogens with zero attached hydrogens (tertiary/aromatic N) is 5. The molecule has 0 aliphatic heterocycles. The number of thiophene rings is 1. The van der Waals surface area contributed by atoms with E-state index >= 15 is 0 Å². The van der Waals surface area contributed by atoms with Crippen molar-refractivity contribution in [3.05, 3.63) is 76.9 Å². The van der Waals surface area contributed by atoms with Gasteiger partial charge in [0.25, 0.3) is 5.91 Å². The fraction of sp³-hybridized carbons (Fsp3) is 0.0952. The Morgan fingerprint density at radius 3 is 2.70 bits per heavy atom. The smallest absolute Gasteiger partial charge is 0.267 e. The van der Waals surface area contributed by atoms with Crippen LogP contribution in [0.3, 0.4) is 0 Å². The van der Waals surface area contributed by atoms with Crippen molar-refractivity contribution in [2.45, 2.75) is 13.5 Å². The van der Waals surface area contributed by atoms with Crippen molar-refractivity contribution in [2.75, 3.05) is 5.32 Å². The Hall–Kier alpha value is -3.43. The van der Waals surface area contributed by atoms with E-state index in [9.17, 15) is 4.79 Å². The zero-order valence-electron chi connectivity index (χ0n) is 15.9. The molecule has 5 rings (SSSR count). The molecular formula is C21H16N6OS2. The monoisotopic (exact) mass is 432 g/mol. The molecule has 0 unspecified atom stereocenters. The van der Waals surface area contributed by atoms with Gasteiger partial charge in [0.15, 0.2) is 5.01 Å². The molecule has 5 aromatic rings. The first kappa shape index (κ1) is 18.6. The highest BCUT2D eigenvalue weighted by atomic mass is 32.1. The lowest BCUT2D eigenvalue weighted by Gasteiger charge is -2.02. The van der Waals surface area contributed by atoms with Crippen LogP contribution in [0.2, 0.25) is 0 Å². The average molecular weight is 433 g/mol. The van der Waals surface area contributed by atoms with Crippen LogP contribution in [0.4, 0.5) is 5.13 Å². The normalized spacial score (nSPS) is 11.1. The molecule has 0 spiro atoms. The number of pyridine rings is 1. The van der Waals surface area contributed by atoms with Crippen LogP contribution in [-0.4, -0.2) is 30.9 Å². The molecule has 0 atom stereocenters. The average Bonchev–Trinajstić information content (AvgIpc) is 3.48. The summed E-state index contributed by atoms with van der Waals surface area (Å²) in [6, 6.07) is 17.6. The summed E-state index contributed by atoms with van der Waals surface area (Å²) in [6.45, 7) is 2.62. The molecule has 0 saturated heterocycles. The molecule has 0 aliphatic rings. The van der Waals surface area contributed by atoms with E-state index in [1.807, 2.05) is 54.1 Å². The van der Waals surface area contributed by atoms with Crippen LogP contribution in [0.25, 0.3) is 20.9 Å². The van der Waals surface area contributed by atoms with Crippen molar-refractivity contribution in [1.29, 1.82) is 0 Å². The third-order valence-corrected chi connectivity index (χ3v) is 6.54. The van der Waals surface area contributed by atoms with E-state index in [1.54, 1.807) is 6.20 Å². The van der Waals surface area contributed by atoms with Gasteiger partial charge in [-0.15, -0.1) is 21.5 Å². The molecule has 4 aromatic heterocycles. The first-order chi connectivity index (χ1) is 14.7. The first-order valence-electron chi connectivity index (χ1n) is 9.24. The largest absolute Gasteiger partial charge is 0.296 e. The lowest BCUT2D eigenvalue weighted by Crippen LogP contribution is -2.09. The number of anilines is 1. The van der Waals surface area contributed by atoms with Gasteiger partial charge < -0.3 is 0 Å². The summed E-state index contributed by atoms with van der Waals surface area (Å²) < 4.78 is 1.95. The lowest BCUT2D eigenvalue weighted by molar-refractivity contribution is 0.103. The van der Waals surface area contributed by atoms with Crippen molar-refractivity contribution in [3.8, 4) is 10.7 Å². The summed E-state index contributed by atoms with van der Waals surface area (Å²) in [5.74, 6) is -0.203. The maximum Gasteiger partial charge on any atom is 0.267 e. The number of carbonyl (C=O) groups is 1. The second-order valence-corrected chi connectivity index (χ2v) is 8.65. The number of amides is 1. The number of fused-ring (bicyclic) bond motifs is 1. The number of hydrogen-bond donors (Lipinski definition) is 1. The Morgan fingerprint density at radius 1 is 1.07 bits per heavy atom. The summed E-state index contributed by atoms with van der Waals surface area (Å²) in [4.78, 5) is 18.7. The van der Waals surface area contributed by atoms with Gasteiger partial charge in [-0.2, -0.15) is 5.10 Å². The van der Waals surface area contributed by atoms with Crippen molar-refractivity contribution in [3.63, 3.8) is 0 Å². The standard InChI is InChI=1S/C21H16N6OS2/c1-13-15-11-17(29-20(15)27(26-13)12-14-7-3-2-4-8-14)18(28)23-21-25-24-19(30-21)16-9-5-6-10-22-16/h2-11H,12H2,1H3,(H,23,25,28). The van der Waals surface area contributed by atoms with Crippen molar-refractivity contribution < 1.29 is 4.79 Å². The van der Waals surface area contributed by atoms with Crippen molar-refractivity contribution >= 4 is 43.9 Å². The maximum atomic E-state index is 12.8. The van der Waals surface area contributed by atoms with Crippen LogP contribution >= 0.6 is 22.7 Å². The van der Waals surface area contributed by atoms with E-state index < -0.39 is 0 Å². The SMILES string of the molecule is Cc1nn(Cc2ccccc2)c2sc(C(=O)Nc3nnc(-c4ccccn4)s3)cc12. The molecule has 9 heteroatoms. The van der Waals surface area contributed by atoms with Crippen LogP contribution in [0.5, 0.6) is 0 Å². The predicted octanol–water partition coefficient (Wildman–Crippen LogP) is 4.62. The molecule has 148 valence electrons. The number of aryl methyl sites for hydroxylation is 1. The van der Waals surface area contributed by atoms with Gasteiger partial charge in [-0.1, -0.05) is 47.7 Å². The molecule has 7 nitrogen and oxygen atoms in total. The second-order valence-electron chi connectivity index (χ2n) is 6.64. The fourth-order valence-corrected chi connectivity index (χ4v) is 4.88. The Morgan fingerprint density at radius 2 is 1.90 bits per heavy atom. The molecule has 0 aliphatic carbocycles. The molecule has 1 aromatic carbocycles. The minimum atomic E-state index is -0.203. The molecule has 1 amide bonds. The topological polar surface area (TPSA) is 85.6 Å². The predicted molar refractivity (Wildman–Crippen MR) is 119 cm³/mol. The van der Waals surface area contributed by atoms with E-state index in [0.29, 0.717) is 21.6 Å². The maximum absolute atomic E-state index is 12.8. The minimum Gasteiger partial charge on any atom is -0.296 e. The van der Waals surface area contributed by atoms with E-state index in [-0.39, 0.29) is 5.91 Å². The summed E-state index contributed by atoms with van der Waals surface area (Å²) in [6.07, 6.45) is 1.70. The van der Waals surface area contributed by atoms with Crippen molar-refractivity contribution in [2.24, 2.45) is 0 Å². The van der Waals surface area contributed by atoms with Gasteiger partial charge >= 0.3 is 0 Å². The number of hydrogen-bond acceptors (Lipinski definition) is 7. The van der Waals surface area contributed by atoms with Gasteiger partial charge in [-0.05, 0) is 30.7 Å². The van der Waals surface area contributed by atoms with Crippen LogP contribution in [0.1, 0.15) is 20.9 Å². The minimum absolute atomic E-state index is 0.203. The summed E-state index contributed by atoms with van der Waals surface area (Å²) in [5, 5.41) is 17.8. The van der Waals surface area contributed by atoms with Crippen LogP contribution in [-0.2, 0) is 6.54 Å². The number of aromatic nitrogens is 5. The third-order valence-electron chi connectivity index (χ3n) is 4.54. The molecule has 1 N–H and O–H groups in total. The molecule has 4 heterocycles. The molecule has 0 bridgehead atoms. The van der Waals surface area contributed by atoms with Gasteiger partial charge in [0.05, 0.1) is 17.1 Å². The zero-order chi connectivity index (χ0) is 20.5. The Kier molecular flexibility index (Phi) is 4.82. The van der Waals surface area contributed by atoms with Crippen LogP contribution < -0.4 is 5.32 Å². The molecule has 0 radical (unpaired) electrons. The number of benzene rings is 1. The highest BCUT2D eigenvalue weighted by molar-refractivity contribution is 7.21. The Labute approximate surface area is 180 Å². The van der Waals surface area contributed by atoms with E-state index in [2.05, 4.69) is 37.7 Å². The second kappa shape index (κ2) is 7.77. The summed E-state index contributed by atoms with van der Waals surface area (Å²) in [7, 11) is 0. The van der Waals surface area contributed by atoms with E-state index in [4.69, 9.17) is 0 Å². The van der Waals surface area contributed by atoms with E-state index in [1.165, 1.54) is 22.7 Å². The fourth-order valence-electron chi connectivity index (χ4n) is 3.11. The van der Waals surface area contributed by atoms with Gasteiger partial charge in [0.2, 0.25) is 5.13 Å². The molecule has 30 heavy (non-hydrogen) atoms. The molecule has 0 fully saturated rings. The third kappa shape index (κ3) is 3.60. The van der Waals surface area contributed by atoms with Gasteiger partial charge in [-0.3, -0.25) is 19.8 Å². The number of nitrogens with one attached hydrogen (secondary N) is 1.